The Balaban J connectivity index is 1.70. The van der Waals surface area contributed by atoms with E-state index in [9.17, 15) is 14.4 Å². The van der Waals surface area contributed by atoms with Crippen LogP contribution < -0.4 is 16.2 Å². The van der Waals surface area contributed by atoms with Crippen molar-refractivity contribution in [2.45, 2.75) is 6.92 Å². The van der Waals surface area contributed by atoms with Crippen molar-refractivity contribution in [3.63, 3.8) is 0 Å². The summed E-state index contributed by atoms with van der Waals surface area (Å²) in [6.45, 7) is 1.53. The van der Waals surface area contributed by atoms with Crippen LogP contribution in [0.4, 0.5) is 5.69 Å². The molecular formula is C17H15BrN4O3S. The van der Waals surface area contributed by atoms with Gasteiger partial charge in [0.15, 0.2) is 0 Å². The van der Waals surface area contributed by atoms with E-state index in [0.29, 0.717) is 26.3 Å². The molecule has 3 rings (SSSR count). The van der Waals surface area contributed by atoms with Crippen molar-refractivity contribution in [3.05, 3.63) is 55.9 Å². The summed E-state index contributed by atoms with van der Waals surface area (Å²) in [5, 5.41) is 5.71. The smallest absolute Gasteiger partial charge is 0.262 e. The normalized spacial score (nSPS) is 10.7. The summed E-state index contributed by atoms with van der Waals surface area (Å²) in [6.07, 6.45) is 1.42. The fourth-order valence-electron chi connectivity index (χ4n) is 2.40. The van der Waals surface area contributed by atoms with Crippen molar-refractivity contribution in [1.29, 1.82) is 0 Å². The van der Waals surface area contributed by atoms with Crippen molar-refractivity contribution in [1.82, 2.24) is 14.9 Å². The van der Waals surface area contributed by atoms with Gasteiger partial charge in [-0.05, 0) is 36.8 Å². The number of aromatic nitrogens is 2. The van der Waals surface area contributed by atoms with Crippen LogP contribution in [0.5, 0.6) is 0 Å². The van der Waals surface area contributed by atoms with Crippen molar-refractivity contribution in [2.75, 3.05) is 11.9 Å². The Morgan fingerprint density at radius 3 is 2.65 bits per heavy atom. The van der Waals surface area contributed by atoms with E-state index in [1.807, 2.05) is 12.1 Å². The van der Waals surface area contributed by atoms with Gasteiger partial charge in [-0.25, -0.2) is 4.98 Å². The van der Waals surface area contributed by atoms with Gasteiger partial charge in [0.1, 0.15) is 4.83 Å². The maximum atomic E-state index is 12.4. The Hall–Kier alpha value is -2.52. The lowest BCUT2D eigenvalue weighted by Crippen LogP contribution is -2.32. The summed E-state index contributed by atoms with van der Waals surface area (Å²) in [4.78, 5) is 41.7. The van der Waals surface area contributed by atoms with Gasteiger partial charge in [-0.3, -0.25) is 14.4 Å². The third-order valence-electron chi connectivity index (χ3n) is 3.75. The summed E-state index contributed by atoms with van der Waals surface area (Å²) in [6, 6.07) is 7.12. The molecule has 0 aliphatic heterocycles. The van der Waals surface area contributed by atoms with Gasteiger partial charge in [0, 0.05) is 17.2 Å². The molecule has 0 unspecified atom stereocenters. The van der Waals surface area contributed by atoms with Gasteiger partial charge in [0.25, 0.3) is 11.5 Å². The first-order chi connectivity index (χ1) is 12.4. The number of aryl methyl sites for hydroxylation is 2. The topological polar surface area (TPSA) is 93.1 Å². The number of carbonyl (C=O) groups excluding carboxylic acids is 2. The summed E-state index contributed by atoms with van der Waals surface area (Å²) in [5.74, 6) is -0.744. The van der Waals surface area contributed by atoms with Gasteiger partial charge in [-0.1, -0.05) is 15.9 Å². The summed E-state index contributed by atoms with van der Waals surface area (Å²) in [5.41, 5.74) is 1.01. The molecule has 0 saturated heterocycles. The Labute approximate surface area is 161 Å². The molecular weight excluding hydrogens is 420 g/mol. The van der Waals surface area contributed by atoms with Gasteiger partial charge < -0.3 is 15.2 Å². The number of anilines is 1. The predicted molar refractivity (Wildman–Crippen MR) is 105 cm³/mol. The molecule has 0 spiro atoms. The zero-order valence-corrected chi connectivity index (χ0v) is 16.4. The van der Waals surface area contributed by atoms with E-state index in [0.717, 1.165) is 15.8 Å². The number of nitrogens with one attached hydrogen (secondary N) is 2. The highest BCUT2D eigenvalue weighted by atomic mass is 79.9. The van der Waals surface area contributed by atoms with Gasteiger partial charge in [-0.2, -0.15) is 0 Å². The molecule has 0 aliphatic carbocycles. The second-order valence-corrected chi connectivity index (χ2v) is 7.55. The van der Waals surface area contributed by atoms with Crippen molar-refractivity contribution in [2.24, 2.45) is 7.05 Å². The number of hydrogen-bond donors (Lipinski definition) is 2. The van der Waals surface area contributed by atoms with E-state index < -0.39 is 5.91 Å². The van der Waals surface area contributed by atoms with Gasteiger partial charge in [0.05, 0.1) is 23.1 Å². The summed E-state index contributed by atoms with van der Waals surface area (Å²) >= 11 is 4.46. The zero-order valence-electron chi connectivity index (χ0n) is 14.0. The Bertz CT molecular complexity index is 1060. The second-order valence-electron chi connectivity index (χ2n) is 5.63. The lowest BCUT2D eigenvalue weighted by Gasteiger charge is -2.07. The SMILES string of the molecule is Cc1c(C(=O)NCC(=O)Nc2ccc(Br)cc2)sc2ncn(C)c(=O)c12. The Morgan fingerprint density at radius 1 is 1.27 bits per heavy atom. The minimum atomic E-state index is -0.404. The molecule has 2 N–H and O–H groups in total. The van der Waals surface area contributed by atoms with Crippen molar-refractivity contribution in [3.8, 4) is 0 Å². The first-order valence-electron chi connectivity index (χ1n) is 7.65. The Kier molecular flexibility index (Phi) is 5.19. The van der Waals surface area contributed by atoms with E-state index >= 15 is 0 Å². The average Bonchev–Trinajstić information content (AvgIpc) is 2.95. The van der Waals surface area contributed by atoms with E-state index in [1.54, 1.807) is 26.1 Å². The summed E-state index contributed by atoms with van der Waals surface area (Å²) in [7, 11) is 1.61. The molecule has 2 aromatic heterocycles. The highest BCUT2D eigenvalue weighted by Gasteiger charge is 2.19. The second kappa shape index (κ2) is 7.38. The molecule has 0 aliphatic rings. The predicted octanol–water partition coefficient (Wildman–Crippen LogP) is 2.43. The molecule has 1 aromatic carbocycles. The molecule has 134 valence electrons. The first kappa shape index (κ1) is 18.3. The van der Waals surface area contributed by atoms with E-state index in [-0.39, 0.29) is 18.0 Å². The molecule has 7 nitrogen and oxygen atoms in total. The molecule has 0 atom stereocenters. The first-order valence-corrected chi connectivity index (χ1v) is 9.26. The molecule has 2 amide bonds. The fourth-order valence-corrected chi connectivity index (χ4v) is 3.72. The number of nitrogens with zero attached hydrogens (tertiary/aromatic N) is 2. The minimum Gasteiger partial charge on any atom is -0.342 e. The highest BCUT2D eigenvalue weighted by molar-refractivity contribution is 9.10. The highest BCUT2D eigenvalue weighted by Crippen LogP contribution is 2.26. The molecule has 0 saturated carbocycles. The molecule has 26 heavy (non-hydrogen) atoms. The van der Waals surface area contributed by atoms with Crippen LogP contribution in [0.2, 0.25) is 0 Å². The zero-order chi connectivity index (χ0) is 18.8. The van der Waals surface area contributed by atoms with Crippen LogP contribution in [0.1, 0.15) is 15.2 Å². The number of fused-ring (bicyclic) bond motifs is 1. The third-order valence-corrected chi connectivity index (χ3v) is 5.48. The van der Waals surface area contributed by atoms with Crippen LogP contribution in [-0.4, -0.2) is 27.9 Å². The fraction of sp³-hybridized carbons (Fsp3) is 0.176. The average molecular weight is 435 g/mol. The molecule has 0 fully saturated rings. The minimum absolute atomic E-state index is 0.173. The number of rotatable bonds is 4. The number of halogens is 1. The number of thiophene rings is 1. The molecule has 3 aromatic rings. The van der Waals surface area contributed by atoms with Crippen LogP contribution in [0.15, 0.2) is 39.9 Å². The van der Waals surface area contributed by atoms with E-state index in [4.69, 9.17) is 0 Å². The van der Waals surface area contributed by atoms with Crippen molar-refractivity contribution < 1.29 is 9.59 Å². The molecule has 0 radical (unpaired) electrons. The lowest BCUT2D eigenvalue weighted by atomic mass is 10.2. The van der Waals surface area contributed by atoms with Crippen LogP contribution in [0.25, 0.3) is 10.2 Å². The van der Waals surface area contributed by atoms with E-state index in [2.05, 4.69) is 31.5 Å². The lowest BCUT2D eigenvalue weighted by molar-refractivity contribution is -0.115. The van der Waals surface area contributed by atoms with Crippen LogP contribution >= 0.6 is 27.3 Å². The monoisotopic (exact) mass is 434 g/mol. The largest absolute Gasteiger partial charge is 0.342 e. The number of carbonyl (C=O) groups is 2. The number of amides is 2. The maximum absolute atomic E-state index is 12.4. The van der Waals surface area contributed by atoms with Gasteiger partial charge in [0.2, 0.25) is 5.91 Å². The maximum Gasteiger partial charge on any atom is 0.262 e. The van der Waals surface area contributed by atoms with E-state index in [1.165, 1.54) is 10.9 Å². The molecule has 2 heterocycles. The van der Waals surface area contributed by atoms with Gasteiger partial charge in [-0.15, -0.1) is 11.3 Å². The number of hydrogen-bond acceptors (Lipinski definition) is 5. The van der Waals surface area contributed by atoms with Gasteiger partial charge >= 0.3 is 0 Å². The van der Waals surface area contributed by atoms with Crippen molar-refractivity contribution >= 4 is 55.0 Å². The standard InChI is InChI=1S/C17H15BrN4O3S/c1-9-13-16(20-8-22(2)17(13)25)26-14(9)15(24)19-7-12(23)21-11-5-3-10(18)4-6-11/h3-6,8H,7H2,1-2H3,(H,19,24)(H,21,23). The number of benzene rings is 1. The molecule has 9 heteroatoms. The molecule has 0 bridgehead atoms. The van der Waals surface area contributed by atoms with Crippen LogP contribution in [-0.2, 0) is 11.8 Å². The third kappa shape index (κ3) is 3.68. The van der Waals surface area contributed by atoms with Crippen LogP contribution in [0, 0.1) is 6.92 Å². The Morgan fingerprint density at radius 2 is 1.96 bits per heavy atom. The van der Waals surface area contributed by atoms with Crippen LogP contribution in [0.3, 0.4) is 0 Å². The quantitative estimate of drug-likeness (QED) is 0.659. The summed E-state index contributed by atoms with van der Waals surface area (Å²) < 4.78 is 2.28.